The van der Waals surface area contributed by atoms with E-state index in [2.05, 4.69) is 83.8 Å². The highest BCUT2D eigenvalue weighted by Gasteiger charge is 2.37. The van der Waals surface area contributed by atoms with E-state index in [0.717, 1.165) is 45.7 Å². The van der Waals surface area contributed by atoms with Crippen LogP contribution in [0.25, 0.3) is 10.9 Å². The van der Waals surface area contributed by atoms with Crippen molar-refractivity contribution in [2.45, 2.75) is 51.1 Å². The number of aromatic amines is 1. The van der Waals surface area contributed by atoms with Crippen molar-refractivity contribution in [3.8, 4) is 0 Å². The molecule has 5 nitrogen and oxygen atoms in total. The number of amides is 1. The molecule has 2 aliphatic rings. The van der Waals surface area contributed by atoms with Crippen LogP contribution in [0.15, 0.2) is 54.7 Å². The molecular formula is C28H40N4O. The lowest BCUT2D eigenvalue weighted by Crippen LogP contribution is -2.39. The first-order valence-electron chi connectivity index (χ1n) is 12.5. The van der Waals surface area contributed by atoms with Crippen molar-refractivity contribution in [2.24, 2.45) is 0 Å². The maximum atomic E-state index is 12.7. The van der Waals surface area contributed by atoms with Crippen LogP contribution < -0.4 is 5.32 Å². The van der Waals surface area contributed by atoms with Crippen molar-refractivity contribution >= 4 is 16.8 Å². The molecule has 1 aromatic heterocycles. The van der Waals surface area contributed by atoms with E-state index >= 15 is 0 Å². The van der Waals surface area contributed by atoms with Crippen molar-refractivity contribution < 1.29 is 7.65 Å². The fraction of sp³-hybridized carbons (Fsp3) is 0.464. The molecule has 0 saturated carbocycles. The number of benzene rings is 2. The Bertz CT molecular complexity index is 1100. The molecule has 33 heavy (non-hydrogen) atoms. The largest absolute Gasteiger partial charge is 0.361 e. The monoisotopic (exact) mass is 448 g/mol. The number of carbonyl (C=O) groups excluding carboxylic acids is 1. The summed E-state index contributed by atoms with van der Waals surface area (Å²) in [5, 5.41) is 5.32. The van der Waals surface area contributed by atoms with E-state index in [-0.39, 0.29) is 8.76 Å². The first-order valence-corrected chi connectivity index (χ1v) is 12.5. The third-order valence-corrected chi connectivity index (χ3v) is 7.70. The Balaban J connectivity index is 0.00000171. The lowest BCUT2D eigenvalue weighted by Gasteiger charge is -2.29. The van der Waals surface area contributed by atoms with Crippen molar-refractivity contribution in [3.05, 3.63) is 71.4 Å². The van der Waals surface area contributed by atoms with Gasteiger partial charge in [0, 0.05) is 77.6 Å². The van der Waals surface area contributed by atoms with E-state index in [1.807, 2.05) is 4.90 Å². The van der Waals surface area contributed by atoms with Gasteiger partial charge in [-0.15, -0.1) is 0 Å². The summed E-state index contributed by atoms with van der Waals surface area (Å²) in [5.41, 5.74) is 5.43. The second-order valence-corrected chi connectivity index (χ2v) is 9.62. The summed E-state index contributed by atoms with van der Waals surface area (Å²) in [6, 6.07) is 17.9. The van der Waals surface area contributed by atoms with Gasteiger partial charge in [-0.1, -0.05) is 42.5 Å². The topological polar surface area (TPSA) is 51.4 Å². The summed E-state index contributed by atoms with van der Waals surface area (Å²) in [4.78, 5) is 20.8. The third-order valence-electron chi connectivity index (χ3n) is 7.70. The summed E-state index contributed by atoms with van der Waals surface area (Å²) < 4.78 is 0. The molecule has 3 atom stereocenters. The third kappa shape index (κ3) is 4.44. The summed E-state index contributed by atoms with van der Waals surface area (Å²) in [7, 11) is 0. The molecule has 3 unspecified atom stereocenters. The minimum atomic E-state index is 0. The van der Waals surface area contributed by atoms with Gasteiger partial charge in [-0.3, -0.25) is 9.69 Å². The smallest absolute Gasteiger partial charge is 0.222 e. The summed E-state index contributed by atoms with van der Waals surface area (Å²) in [6.45, 7) is 9.74. The van der Waals surface area contributed by atoms with Gasteiger partial charge in [-0.2, -0.15) is 0 Å². The summed E-state index contributed by atoms with van der Waals surface area (Å²) in [6.07, 6.45) is 3.73. The van der Waals surface area contributed by atoms with Crippen LogP contribution in [-0.4, -0.2) is 59.5 Å². The highest BCUT2D eigenvalue weighted by molar-refractivity contribution is 5.88. The molecule has 2 N–H and O–H groups in total. The van der Waals surface area contributed by atoms with Gasteiger partial charge in [0.05, 0.1) is 0 Å². The molecular weight excluding hydrogens is 408 g/mol. The number of H-pyrrole nitrogens is 1. The Morgan fingerprint density at radius 2 is 1.88 bits per heavy atom. The van der Waals surface area contributed by atoms with Crippen LogP contribution in [0, 0.1) is 0 Å². The maximum Gasteiger partial charge on any atom is 0.222 e. The number of hydrogen-bond donors (Lipinski definition) is 2. The molecule has 178 valence electrons. The zero-order valence-corrected chi connectivity index (χ0v) is 19.9. The standard InChI is InChI=1S/C28H36N4O.2H2/c1-3-32(4-2)27(33)14-13-21-15-29-26-19-31(17-20-9-6-5-7-10-20)18-24(26)23-16-30-25-12-8-11-22(21)28(23)25;;/h5-12,16,21,24,26,29-30H,3-4,13-15,17-19H2,1-2H3;2*1H. The van der Waals surface area contributed by atoms with Gasteiger partial charge >= 0.3 is 0 Å². The highest BCUT2D eigenvalue weighted by atomic mass is 16.2. The molecule has 2 aromatic carbocycles. The predicted molar refractivity (Wildman–Crippen MR) is 139 cm³/mol. The molecule has 0 radical (unpaired) electrons. The Kier molecular flexibility index (Phi) is 6.52. The van der Waals surface area contributed by atoms with E-state index in [0.29, 0.717) is 24.3 Å². The molecule has 5 heteroatoms. The van der Waals surface area contributed by atoms with E-state index in [1.54, 1.807) is 0 Å². The van der Waals surface area contributed by atoms with Gasteiger partial charge in [-0.25, -0.2) is 0 Å². The number of rotatable bonds is 7. The molecule has 3 heterocycles. The number of nitrogens with one attached hydrogen (secondary N) is 2. The first kappa shape index (κ1) is 22.2. The molecule has 1 saturated heterocycles. The molecule has 1 fully saturated rings. The number of carbonyl (C=O) groups is 1. The fourth-order valence-electron chi connectivity index (χ4n) is 5.94. The van der Waals surface area contributed by atoms with E-state index in [9.17, 15) is 4.79 Å². The first-order chi connectivity index (χ1) is 16.2. The van der Waals surface area contributed by atoms with Gasteiger partial charge < -0.3 is 15.2 Å². The average molecular weight is 449 g/mol. The van der Waals surface area contributed by atoms with Crippen molar-refractivity contribution in [2.75, 3.05) is 32.7 Å². The Morgan fingerprint density at radius 1 is 1.06 bits per heavy atom. The zero-order valence-electron chi connectivity index (χ0n) is 19.9. The highest BCUT2D eigenvalue weighted by Crippen LogP contribution is 2.40. The SMILES string of the molecule is CCN(CC)C(=O)CCC1CNC2CN(Cc3ccccc3)CC2c2c[nH]c3cccc1c23.[HH].[HH]. The Hall–Kier alpha value is -2.63. The molecule has 0 aliphatic carbocycles. The van der Waals surface area contributed by atoms with Crippen molar-refractivity contribution in [1.82, 2.24) is 20.1 Å². The molecule has 0 spiro atoms. The fourth-order valence-corrected chi connectivity index (χ4v) is 5.94. The second kappa shape index (κ2) is 9.70. The number of aromatic nitrogens is 1. The lowest BCUT2D eigenvalue weighted by atomic mass is 9.84. The number of likely N-dealkylation sites (tertiary alicyclic amines) is 1. The van der Waals surface area contributed by atoms with E-state index in [1.165, 1.54) is 27.6 Å². The molecule has 1 amide bonds. The van der Waals surface area contributed by atoms with E-state index in [4.69, 9.17) is 0 Å². The Morgan fingerprint density at radius 3 is 2.67 bits per heavy atom. The van der Waals surface area contributed by atoms with Crippen LogP contribution in [0.1, 0.15) is 58.1 Å². The number of nitrogens with zero attached hydrogens (tertiary/aromatic N) is 2. The molecule has 3 aromatic rings. The van der Waals surface area contributed by atoms with Crippen LogP contribution >= 0.6 is 0 Å². The van der Waals surface area contributed by atoms with Crippen LogP contribution in [0.3, 0.4) is 0 Å². The maximum absolute atomic E-state index is 12.7. The molecule has 2 aliphatic heterocycles. The van der Waals surface area contributed by atoms with Gasteiger partial charge in [0.2, 0.25) is 5.91 Å². The number of fused-ring (bicyclic) bond motifs is 2. The minimum Gasteiger partial charge on any atom is -0.361 e. The second-order valence-electron chi connectivity index (χ2n) is 9.62. The normalized spacial score (nSPS) is 22.7. The van der Waals surface area contributed by atoms with Gasteiger partial charge in [0.25, 0.3) is 0 Å². The van der Waals surface area contributed by atoms with Crippen molar-refractivity contribution in [3.63, 3.8) is 0 Å². The van der Waals surface area contributed by atoms with Crippen LogP contribution in [0.4, 0.5) is 0 Å². The van der Waals surface area contributed by atoms with E-state index < -0.39 is 0 Å². The van der Waals surface area contributed by atoms with Gasteiger partial charge in [0.15, 0.2) is 0 Å². The zero-order chi connectivity index (χ0) is 22.8. The van der Waals surface area contributed by atoms with Crippen LogP contribution in [-0.2, 0) is 11.3 Å². The molecule has 5 rings (SSSR count). The number of hydrogen-bond acceptors (Lipinski definition) is 3. The minimum absolute atomic E-state index is 0. The van der Waals surface area contributed by atoms with Gasteiger partial charge in [0.1, 0.15) is 0 Å². The Labute approximate surface area is 200 Å². The summed E-state index contributed by atoms with van der Waals surface area (Å²) >= 11 is 0. The van der Waals surface area contributed by atoms with Crippen LogP contribution in [0.2, 0.25) is 0 Å². The van der Waals surface area contributed by atoms with Crippen LogP contribution in [0.5, 0.6) is 0 Å². The summed E-state index contributed by atoms with van der Waals surface area (Å²) in [5.74, 6) is 1.09. The predicted octanol–water partition coefficient (Wildman–Crippen LogP) is 4.96. The quantitative estimate of drug-likeness (QED) is 0.537. The lowest BCUT2D eigenvalue weighted by molar-refractivity contribution is -0.131. The van der Waals surface area contributed by atoms with Gasteiger partial charge in [-0.05, 0) is 48.9 Å². The average Bonchev–Trinajstić information content (AvgIpc) is 3.43. The molecule has 0 bridgehead atoms. The van der Waals surface area contributed by atoms with Crippen molar-refractivity contribution in [1.29, 1.82) is 0 Å².